The average molecular weight is 223 g/mol. The van der Waals surface area contributed by atoms with Crippen molar-refractivity contribution in [2.75, 3.05) is 0 Å². The minimum absolute atomic E-state index is 0.179. The number of H-pyrrole nitrogens is 1. The number of hydrogen-bond acceptors (Lipinski definition) is 3. The molecule has 0 saturated heterocycles. The van der Waals surface area contributed by atoms with Gasteiger partial charge in [0, 0.05) is 12.3 Å². The molecule has 0 fully saturated rings. The molecule has 0 aromatic carbocycles. The lowest BCUT2D eigenvalue weighted by Gasteiger charge is -2.00. The summed E-state index contributed by atoms with van der Waals surface area (Å²) in [6.45, 7) is 2.00. The average Bonchev–Trinajstić information content (AvgIpc) is 2.84. The summed E-state index contributed by atoms with van der Waals surface area (Å²) in [6.07, 6.45) is 2.43. The van der Waals surface area contributed by atoms with Gasteiger partial charge in [-0.15, -0.1) is 0 Å². The van der Waals surface area contributed by atoms with Crippen molar-refractivity contribution in [2.24, 2.45) is 0 Å². The molecule has 0 radical (unpaired) electrons. The molecule has 2 aromatic rings. The van der Waals surface area contributed by atoms with Crippen molar-refractivity contribution in [1.29, 1.82) is 0 Å². The summed E-state index contributed by atoms with van der Waals surface area (Å²) in [5.74, 6) is -0.202. The van der Waals surface area contributed by atoms with Crippen molar-refractivity contribution >= 4 is 5.91 Å². The van der Waals surface area contributed by atoms with Crippen molar-refractivity contribution in [3.63, 3.8) is 0 Å². The fourth-order valence-electron chi connectivity index (χ4n) is 1.26. The Morgan fingerprint density at radius 2 is 2.50 bits per heavy atom. The van der Waals surface area contributed by atoms with Crippen LogP contribution < -0.4 is 5.32 Å². The van der Waals surface area contributed by atoms with Crippen LogP contribution in [0.15, 0.2) is 23.1 Å². The smallest absolute Gasteiger partial charge is 0.268 e. The Kier molecular flexibility index (Phi) is 2.72. The number of amides is 1. The number of carbonyl (C=O) groups is 1. The summed E-state index contributed by atoms with van der Waals surface area (Å²) in [5.41, 5.74) is 0.832. The third-order valence-electron chi connectivity index (χ3n) is 2.15. The van der Waals surface area contributed by atoms with Crippen LogP contribution in [0, 0.1) is 12.7 Å². The zero-order valence-corrected chi connectivity index (χ0v) is 8.58. The third kappa shape index (κ3) is 2.10. The number of aryl methyl sites for hydroxylation is 1. The fraction of sp³-hybridized carbons (Fsp3) is 0.200. The second kappa shape index (κ2) is 4.18. The van der Waals surface area contributed by atoms with Crippen molar-refractivity contribution in [1.82, 2.24) is 15.3 Å². The van der Waals surface area contributed by atoms with Gasteiger partial charge in [-0.2, -0.15) is 0 Å². The molecule has 0 spiro atoms. The minimum atomic E-state index is -0.470. The molecule has 2 N–H and O–H groups in total. The Bertz CT molecular complexity index is 504. The van der Waals surface area contributed by atoms with E-state index in [2.05, 4.69) is 15.3 Å². The number of halogens is 1. The number of hydrogen-bond donors (Lipinski definition) is 2. The SMILES string of the molecule is Cc1ocnc1CNC(=O)c1cc(F)c[nH]1. The number of rotatable bonds is 3. The van der Waals surface area contributed by atoms with Gasteiger partial charge in [-0.1, -0.05) is 0 Å². The molecule has 0 aliphatic rings. The highest BCUT2D eigenvalue weighted by molar-refractivity contribution is 5.92. The Morgan fingerprint density at radius 1 is 1.69 bits per heavy atom. The first-order valence-corrected chi connectivity index (χ1v) is 4.68. The first-order valence-electron chi connectivity index (χ1n) is 4.68. The topological polar surface area (TPSA) is 70.9 Å². The van der Waals surface area contributed by atoms with E-state index >= 15 is 0 Å². The van der Waals surface area contributed by atoms with E-state index < -0.39 is 5.82 Å². The Hall–Kier alpha value is -2.11. The number of nitrogens with zero attached hydrogens (tertiary/aromatic N) is 1. The summed E-state index contributed by atoms with van der Waals surface area (Å²) in [7, 11) is 0. The molecular weight excluding hydrogens is 213 g/mol. The third-order valence-corrected chi connectivity index (χ3v) is 2.15. The van der Waals surface area contributed by atoms with Crippen molar-refractivity contribution in [3.8, 4) is 0 Å². The number of aromatic amines is 1. The number of nitrogens with one attached hydrogen (secondary N) is 2. The molecule has 0 aliphatic carbocycles. The summed E-state index contributed by atoms with van der Waals surface area (Å²) >= 11 is 0. The molecule has 2 rings (SSSR count). The molecule has 0 aliphatic heterocycles. The quantitative estimate of drug-likeness (QED) is 0.825. The molecule has 0 atom stereocenters. The van der Waals surface area contributed by atoms with Crippen molar-refractivity contribution < 1.29 is 13.6 Å². The summed E-state index contributed by atoms with van der Waals surface area (Å²) < 4.78 is 17.6. The number of oxazole rings is 1. The van der Waals surface area contributed by atoms with Crippen LogP contribution in [0.25, 0.3) is 0 Å². The largest absolute Gasteiger partial charge is 0.448 e. The van der Waals surface area contributed by atoms with E-state index in [1.54, 1.807) is 6.92 Å². The first-order chi connectivity index (χ1) is 7.66. The second-order valence-electron chi connectivity index (χ2n) is 3.27. The van der Waals surface area contributed by atoms with Crippen LogP contribution >= 0.6 is 0 Å². The van der Waals surface area contributed by atoms with E-state index in [1.807, 2.05) is 0 Å². The Balaban J connectivity index is 1.96. The van der Waals surface area contributed by atoms with Gasteiger partial charge < -0.3 is 14.7 Å². The van der Waals surface area contributed by atoms with E-state index in [9.17, 15) is 9.18 Å². The van der Waals surface area contributed by atoms with Gasteiger partial charge in [0.1, 0.15) is 23.0 Å². The van der Waals surface area contributed by atoms with Crippen LogP contribution in [0.3, 0.4) is 0 Å². The van der Waals surface area contributed by atoms with Crippen LogP contribution in [0.1, 0.15) is 21.9 Å². The second-order valence-corrected chi connectivity index (χ2v) is 3.27. The van der Waals surface area contributed by atoms with Gasteiger partial charge in [0.2, 0.25) is 0 Å². The normalized spacial score (nSPS) is 10.4. The Morgan fingerprint density at radius 3 is 3.06 bits per heavy atom. The van der Waals surface area contributed by atoms with E-state index in [1.165, 1.54) is 6.39 Å². The molecule has 2 heterocycles. The molecule has 6 heteroatoms. The maximum absolute atomic E-state index is 12.6. The van der Waals surface area contributed by atoms with E-state index in [4.69, 9.17) is 4.42 Å². The minimum Gasteiger partial charge on any atom is -0.448 e. The molecule has 0 saturated carbocycles. The first kappa shape index (κ1) is 10.4. The molecule has 0 bridgehead atoms. The molecule has 5 nitrogen and oxygen atoms in total. The van der Waals surface area contributed by atoms with E-state index in [0.717, 1.165) is 12.3 Å². The van der Waals surface area contributed by atoms with Gasteiger partial charge in [0.15, 0.2) is 6.39 Å². The molecule has 16 heavy (non-hydrogen) atoms. The highest BCUT2D eigenvalue weighted by atomic mass is 19.1. The van der Waals surface area contributed by atoms with Gasteiger partial charge in [-0.3, -0.25) is 4.79 Å². The number of carbonyl (C=O) groups excluding carboxylic acids is 1. The van der Waals surface area contributed by atoms with Crippen LogP contribution in [0.5, 0.6) is 0 Å². The lowest BCUT2D eigenvalue weighted by atomic mass is 10.3. The van der Waals surface area contributed by atoms with Gasteiger partial charge >= 0.3 is 0 Å². The van der Waals surface area contributed by atoms with Gasteiger partial charge in [0.25, 0.3) is 5.91 Å². The summed E-state index contributed by atoms with van der Waals surface area (Å²) in [5, 5.41) is 2.60. The lowest BCUT2D eigenvalue weighted by Crippen LogP contribution is -2.23. The zero-order valence-electron chi connectivity index (χ0n) is 8.58. The highest BCUT2D eigenvalue weighted by Gasteiger charge is 2.10. The Labute approximate surface area is 90.7 Å². The van der Waals surface area contributed by atoms with Crippen LogP contribution in [0.2, 0.25) is 0 Å². The highest BCUT2D eigenvalue weighted by Crippen LogP contribution is 2.05. The zero-order chi connectivity index (χ0) is 11.5. The van der Waals surface area contributed by atoms with Crippen molar-refractivity contribution in [2.45, 2.75) is 13.5 Å². The summed E-state index contributed by atoms with van der Waals surface area (Å²) in [4.78, 5) is 17.9. The molecule has 2 aromatic heterocycles. The van der Waals surface area contributed by atoms with Crippen molar-refractivity contribution in [3.05, 3.63) is 41.6 Å². The fourth-order valence-corrected chi connectivity index (χ4v) is 1.26. The monoisotopic (exact) mass is 223 g/mol. The maximum atomic E-state index is 12.6. The number of aromatic nitrogens is 2. The lowest BCUT2D eigenvalue weighted by molar-refractivity contribution is 0.0946. The maximum Gasteiger partial charge on any atom is 0.268 e. The van der Waals surface area contributed by atoms with Gasteiger partial charge in [-0.25, -0.2) is 9.37 Å². The molecule has 0 unspecified atom stereocenters. The summed E-state index contributed by atoms with van der Waals surface area (Å²) in [6, 6.07) is 1.13. The van der Waals surface area contributed by atoms with Crippen LogP contribution in [0.4, 0.5) is 4.39 Å². The van der Waals surface area contributed by atoms with E-state index in [0.29, 0.717) is 11.5 Å². The van der Waals surface area contributed by atoms with Gasteiger partial charge in [0.05, 0.1) is 6.54 Å². The van der Waals surface area contributed by atoms with Gasteiger partial charge in [-0.05, 0) is 6.92 Å². The molecule has 1 amide bonds. The predicted octanol–water partition coefficient (Wildman–Crippen LogP) is 1.38. The standard InChI is InChI=1S/C10H10FN3O2/c1-6-9(14-5-16-6)4-13-10(15)8-2-7(11)3-12-8/h2-3,5,12H,4H2,1H3,(H,13,15). The van der Waals surface area contributed by atoms with Crippen LogP contribution in [-0.2, 0) is 6.54 Å². The predicted molar refractivity (Wildman–Crippen MR) is 53.2 cm³/mol. The molecule has 84 valence electrons. The molecular formula is C10H10FN3O2. The van der Waals surface area contributed by atoms with Crippen LogP contribution in [-0.4, -0.2) is 15.9 Å². The van der Waals surface area contributed by atoms with E-state index in [-0.39, 0.29) is 18.1 Å².